The van der Waals surface area contributed by atoms with Crippen LogP contribution >= 0.6 is 0 Å². The number of phenols is 1. The van der Waals surface area contributed by atoms with E-state index in [1.807, 2.05) is 0 Å². The van der Waals surface area contributed by atoms with Gasteiger partial charge in [-0.15, -0.1) is 0 Å². The van der Waals surface area contributed by atoms with E-state index in [1.54, 1.807) is 37.3 Å². The molecular formula is C28H38N4O8. The zero-order valence-corrected chi connectivity index (χ0v) is 23.4. The molecule has 0 heterocycles. The fraction of sp³-hybridized carbons (Fsp3) is 0.464. The number of hydrogen-bond donors (Lipinski definition) is 7. The number of aliphatic hydroxyl groups is 3. The van der Waals surface area contributed by atoms with Crippen LogP contribution in [0.2, 0.25) is 0 Å². The highest BCUT2D eigenvalue weighted by Crippen LogP contribution is 2.49. The Hall–Kier alpha value is -3.71. The Kier molecular flexibility index (Phi) is 8.51. The summed E-state index contributed by atoms with van der Waals surface area (Å²) in [4.78, 5) is 39.0. The molecule has 3 rings (SSSR count). The SMILES string of the molecule is CC(=O)c1cccc(N[C@H]2[C@H](N)[C@](NC(=O)N(C)C)([C@@H](C)O)[C@@](C)(O)[C@@]2(O)COC(=O)c2c(C)cccc2O)c1. The van der Waals surface area contributed by atoms with Gasteiger partial charge in [0.2, 0.25) is 0 Å². The molecule has 218 valence electrons. The number of aliphatic hydroxyl groups excluding tert-OH is 1. The topological polar surface area (TPSA) is 195 Å². The second-order valence-electron chi connectivity index (χ2n) is 10.7. The van der Waals surface area contributed by atoms with Gasteiger partial charge in [-0.1, -0.05) is 24.3 Å². The smallest absolute Gasteiger partial charge is 0.342 e. The standard InChI is InChI=1S/C28H38N4O8/c1-15-9-7-12-20(35)21(15)24(36)40-14-27(39)23(30-19-11-8-10-18(13-19)16(2)33)22(29)28(17(3)34,26(27,4)38)31-25(37)32(5)6/h7-13,17,22-23,30,34-35,38-39H,14,29H2,1-6H3,(H,31,37)/t17-,22+,23+,26+,27-,28-/m1/s1. The number of urea groups is 1. The lowest BCUT2D eigenvalue weighted by molar-refractivity contribution is -0.186. The van der Waals surface area contributed by atoms with Crippen molar-refractivity contribution in [1.82, 2.24) is 10.2 Å². The summed E-state index contributed by atoms with van der Waals surface area (Å²) < 4.78 is 5.45. The number of Topliss-reactive ketones (excluding diaryl/α,β-unsaturated/α-hetero) is 1. The van der Waals surface area contributed by atoms with Crippen LogP contribution in [0.3, 0.4) is 0 Å². The summed E-state index contributed by atoms with van der Waals surface area (Å²) in [5.41, 5.74) is 0.728. The van der Waals surface area contributed by atoms with Crippen LogP contribution in [0.1, 0.15) is 47.1 Å². The van der Waals surface area contributed by atoms with Crippen molar-refractivity contribution < 1.29 is 39.5 Å². The average molecular weight is 559 g/mol. The first-order valence-electron chi connectivity index (χ1n) is 12.7. The number of benzene rings is 2. The predicted molar refractivity (Wildman–Crippen MR) is 147 cm³/mol. The van der Waals surface area contributed by atoms with Crippen LogP contribution in [-0.4, -0.2) is 98.7 Å². The van der Waals surface area contributed by atoms with Gasteiger partial charge in [-0.2, -0.15) is 0 Å². The third-order valence-corrected chi connectivity index (χ3v) is 7.90. The summed E-state index contributed by atoms with van der Waals surface area (Å²) in [6.07, 6.45) is -1.51. The normalized spacial score (nSPS) is 28.4. The second kappa shape index (κ2) is 11.0. The first kappa shape index (κ1) is 30.8. The molecule has 0 unspecified atom stereocenters. The molecule has 1 saturated carbocycles. The monoisotopic (exact) mass is 558 g/mol. The molecule has 0 saturated heterocycles. The molecule has 0 aliphatic heterocycles. The van der Waals surface area contributed by atoms with Gasteiger partial charge in [-0.25, -0.2) is 9.59 Å². The number of nitrogens with one attached hydrogen (secondary N) is 2. The highest BCUT2D eigenvalue weighted by Gasteiger charge is 2.76. The average Bonchev–Trinajstić information content (AvgIpc) is 2.99. The first-order chi connectivity index (χ1) is 18.5. The van der Waals surface area contributed by atoms with Gasteiger partial charge < -0.3 is 46.4 Å². The van der Waals surface area contributed by atoms with E-state index in [1.165, 1.54) is 51.9 Å². The number of nitrogens with zero attached hydrogens (tertiary/aromatic N) is 1. The summed E-state index contributed by atoms with van der Waals surface area (Å²) in [6, 6.07) is 7.34. The van der Waals surface area contributed by atoms with E-state index >= 15 is 0 Å². The van der Waals surface area contributed by atoms with E-state index in [-0.39, 0.29) is 17.1 Å². The predicted octanol–water partition coefficient (Wildman–Crippen LogP) is 0.755. The van der Waals surface area contributed by atoms with Crippen LogP contribution in [-0.2, 0) is 4.74 Å². The Labute approximate surface area is 232 Å². The molecule has 0 aromatic heterocycles. The zero-order valence-electron chi connectivity index (χ0n) is 23.4. The van der Waals surface area contributed by atoms with Gasteiger partial charge in [0.05, 0.1) is 18.2 Å². The van der Waals surface area contributed by atoms with Gasteiger partial charge in [0.25, 0.3) is 0 Å². The lowest BCUT2D eigenvalue weighted by atomic mass is 9.73. The molecule has 1 aliphatic carbocycles. The Balaban J connectivity index is 2.13. The van der Waals surface area contributed by atoms with Gasteiger partial charge in [0, 0.05) is 25.3 Å². The van der Waals surface area contributed by atoms with E-state index in [4.69, 9.17) is 10.5 Å². The maximum atomic E-state index is 13.0. The molecule has 1 aliphatic rings. The molecule has 2 aromatic carbocycles. The maximum absolute atomic E-state index is 13.0. The van der Waals surface area contributed by atoms with Gasteiger partial charge in [-0.3, -0.25) is 4.79 Å². The van der Waals surface area contributed by atoms with E-state index in [0.29, 0.717) is 16.8 Å². The van der Waals surface area contributed by atoms with E-state index < -0.39 is 53.5 Å². The Morgan fingerprint density at radius 1 is 1.15 bits per heavy atom. The summed E-state index contributed by atoms with van der Waals surface area (Å²) in [7, 11) is 2.90. The number of esters is 1. The molecule has 12 nitrogen and oxygen atoms in total. The number of aryl methyl sites for hydroxylation is 1. The molecule has 8 N–H and O–H groups in total. The number of ether oxygens (including phenoxy) is 1. The third kappa shape index (κ3) is 4.99. The molecule has 0 spiro atoms. The Morgan fingerprint density at radius 3 is 2.33 bits per heavy atom. The number of ketones is 1. The highest BCUT2D eigenvalue weighted by molar-refractivity contribution is 5.95. The van der Waals surface area contributed by atoms with Gasteiger partial charge in [-0.05, 0) is 51.5 Å². The van der Waals surface area contributed by atoms with Crippen molar-refractivity contribution in [3.8, 4) is 5.75 Å². The van der Waals surface area contributed by atoms with E-state index in [9.17, 15) is 34.8 Å². The molecule has 2 aromatic rings. The summed E-state index contributed by atoms with van der Waals surface area (Å²) in [5, 5.41) is 51.1. The number of rotatable bonds is 8. The molecule has 1 fully saturated rings. The molecule has 40 heavy (non-hydrogen) atoms. The fourth-order valence-electron chi connectivity index (χ4n) is 5.44. The number of aromatic hydroxyl groups is 1. The lowest BCUT2D eigenvalue weighted by Gasteiger charge is -2.48. The molecule has 0 radical (unpaired) electrons. The van der Waals surface area contributed by atoms with Crippen LogP contribution in [0.15, 0.2) is 42.5 Å². The Bertz CT molecular complexity index is 1280. The first-order valence-corrected chi connectivity index (χ1v) is 12.7. The van der Waals surface area contributed by atoms with Crippen LogP contribution in [0.5, 0.6) is 5.75 Å². The van der Waals surface area contributed by atoms with Crippen LogP contribution in [0.25, 0.3) is 0 Å². The van der Waals surface area contributed by atoms with Gasteiger partial charge in [0.15, 0.2) is 11.4 Å². The number of phenolic OH excluding ortho intramolecular Hbond substituents is 1. The number of carbonyl (C=O) groups is 3. The minimum absolute atomic E-state index is 0.130. The number of amides is 2. The van der Waals surface area contributed by atoms with Crippen molar-refractivity contribution in [3.05, 3.63) is 59.2 Å². The largest absolute Gasteiger partial charge is 0.507 e. The molecule has 0 bridgehead atoms. The van der Waals surface area contributed by atoms with Crippen molar-refractivity contribution in [2.75, 3.05) is 26.0 Å². The number of carbonyl (C=O) groups excluding carboxylic acids is 3. The third-order valence-electron chi connectivity index (χ3n) is 7.90. The summed E-state index contributed by atoms with van der Waals surface area (Å²) in [5.74, 6) is -1.53. The molecule has 12 heteroatoms. The van der Waals surface area contributed by atoms with Crippen molar-refractivity contribution in [3.63, 3.8) is 0 Å². The van der Waals surface area contributed by atoms with Crippen LogP contribution < -0.4 is 16.4 Å². The molecule has 6 atom stereocenters. The number of hydrogen-bond acceptors (Lipinski definition) is 10. The van der Waals surface area contributed by atoms with Crippen LogP contribution in [0, 0.1) is 6.92 Å². The van der Waals surface area contributed by atoms with Crippen LogP contribution in [0.4, 0.5) is 10.5 Å². The second-order valence-corrected chi connectivity index (χ2v) is 10.7. The highest BCUT2D eigenvalue weighted by atomic mass is 16.5. The molecule has 2 amide bonds. The maximum Gasteiger partial charge on any atom is 0.342 e. The minimum atomic E-state index is -2.43. The summed E-state index contributed by atoms with van der Waals surface area (Å²) >= 11 is 0. The van der Waals surface area contributed by atoms with Gasteiger partial charge in [0.1, 0.15) is 29.1 Å². The number of anilines is 1. The van der Waals surface area contributed by atoms with E-state index in [2.05, 4.69) is 10.6 Å². The van der Waals surface area contributed by atoms with Crippen molar-refractivity contribution in [2.45, 2.75) is 62.6 Å². The Morgan fingerprint density at radius 2 is 1.77 bits per heavy atom. The quantitative estimate of drug-likeness (QED) is 0.179. The molecular weight excluding hydrogens is 520 g/mol. The van der Waals surface area contributed by atoms with Crippen molar-refractivity contribution in [2.24, 2.45) is 5.73 Å². The minimum Gasteiger partial charge on any atom is -0.507 e. The number of nitrogens with two attached hydrogens (primary N) is 1. The van der Waals surface area contributed by atoms with Crippen molar-refractivity contribution >= 4 is 23.5 Å². The van der Waals surface area contributed by atoms with E-state index in [0.717, 1.165) is 0 Å². The lowest BCUT2D eigenvalue weighted by Crippen LogP contribution is -2.76. The fourth-order valence-corrected chi connectivity index (χ4v) is 5.44. The zero-order chi connectivity index (χ0) is 30.2. The summed E-state index contributed by atoms with van der Waals surface area (Å²) in [6.45, 7) is 4.62. The van der Waals surface area contributed by atoms with Gasteiger partial charge >= 0.3 is 12.0 Å². The van der Waals surface area contributed by atoms with Crippen molar-refractivity contribution in [1.29, 1.82) is 0 Å².